The second-order valence-electron chi connectivity index (χ2n) is 6.41. The van der Waals surface area contributed by atoms with Crippen LogP contribution in [0.1, 0.15) is 42.7 Å². The molecule has 2 fully saturated rings. The number of aromatic nitrogens is 1. The van der Waals surface area contributed by atoms with Crippen molar-refractivity contribution in [1.82, 2.24) is 4.98 Å². The van der Waals surface area contributed by atoms with E-state index in [0.29, 0.717) is 0 Å². The van der Waals surface area contributed by atoms with Crippen molar-refractivity contribution in [2.45, 2.75) is 37.2 Å². The molecule has 3 nitrogen and oxygen atoms in total. The Hall–Kier alpha value is -1.48. The third-order valence-electron chi connectivity index (χ3n) is 5.30. The molecule has 0 unspecified atom stereocenters. The SMILES string of the molecule is OC1(c2cccc3c4c([nH]c23)N2CCC4CC2)CC1. The summed E-state index contributed by atoms with van der Waals surface area (Å²) in [7, 11) is 0. The number of nitrogens with one attached hydrogen (secondary N) is 1. The van der Waals surface area contributed by atoms with Crippen LogP contribution in [0, 0.1) is 0 Å². The summed E-state index contributed by atoms with van der Waals surface area (Å²) >= 11 is 0. The number of aliphatic hydroxyl groups is 1. The van der Waals surface area contributed by atoms with Crippen LogP contribution in [0.25, 0.3) is 10.9 Å². The lowest BCUT2D eigenvalue weighted by Crippen LogP contribution is -2.38. The zero-order valence-corrected chi connectivity index (χ0v) is 10.9. The summed E-state index contributed by atoms with van der Waals surface area (Å²) in [6, 6.07) is 6.43. The first-order valence-electron chi connectivity index (χ1n) is 7.39. The number of anilines is 1. The van der Waals surface area contributed by atoms with Crippen molar-refractivity contribution in [3.8, 4) is 0 Å². The molecule has 1 aliphatic carbocycles. The first-order chi connectivity index (χ1) is 9.26. The van der Waals surface area contributed by atoms with Crippen LogP contribution < -0.4 is 4.90 Å². The van der Waals surface area contributed by atoms with Crippen LogP contribution in [-0.4, -0.2) is 23.2 Å². The minimum absolute atomic E-state index is 0.554. The van der Waals surface area contributed by atoms with Crippen LogP contribution in [-0.2, 0) is 5.60 Å². The van der Waals surface area contributed by atoms with Gasteiger partial charge in [0.1, 0.15) is 5.82 Å². The number of rotatable bonds is 1. The highest BCUT2D eigenvalue weighted by molar-refractivity contribution is 5.93. The second kappa shape index (κ2) is 3.15. The average Bonchev–Trinajstić information content (AvgIpc) is 3.06. The molecule has 2 bridgehead atoms. The van der Waals surface area contributed by atoms with E-state index in [4.69, 9.17) is 0 Å². The molecule has 4 aliphatic rings. The Labute approximate surface area is 112 Å². The van der Waals surface area contributed by atoms with Gasteiger partial charge in [0.2, 0.25) is 0 Å². The van der Waals surface area contributed by atoms with Gasteiger partial charge in [0.15, 0.2) is 0 Å². The number of H-pyrrole nitrogens is 1. The van der Waals surface area contributed by atoms with Crippen molar-refractivity contribution in [2.24, 2.45) is 0 Å². The van der Waals surface area contributed by atoms with Crippen LogP contribution in [0.15, 0.2) is 18.2 Å². The molecule has 1 saturated heterocycles. The van der Waals surface area contributed by atoms with Crippen molar-refractivity contribution < 1.29 is 5.11 Å². The molecule has 0 amide bonds. The maximum absolute atomic E-state index is 10.5. The molecule has 4 heterocycles. The van der Waals surface area contributed by atoms with E-state index in [1.54, 1.807) is 0 Å². The zero-order chi connectivity index (χ0) is 12.6. The van der Waals surface area contributed by atoms with Gasteiger partial charge in [-0.3, -0.25) is 0 Å². The molecule has 1 aromatic heterocycles. The van der Waals surface area contributed by atoms with Crippen LogP contribution in [0.4, 0.5) is 5.82 Å². The fourth-order valence-corrected chi connectivity index (χ4v) is 4.05. The fraction of sp³-hybridized carbons (Fsp3) is 0.500. The van der Waals surface area contributed by atoms with Crippen molar-refractivity contribution in [3.05, 3.63) is 29.3 Å². The summed E-state index contributed by atoms with van der Waals surface area (Å²) in [6.07, 6.45) is 4.38. The molecule has 1 saturated carbocycles. The predicted molar refractivity (Wildman–Crippen MR) is 75.6 cm³/mol. The molecule has 2 aromatic rings. The van der Waals surface area contributed by atoms with Gasteiger partial charge in [0.05, 0.1) is 11.1 Å². The van der Waals surface area contributed by atoms with Gasteiger partial charge >= 0.3 is 0 Å². The zero-order valence-electron chi connectivity index (χ0n) is 10.9. The molecule has 2 N–H and O–H groups in total. The number of fused-ring (bicyclic) bond motifs is 3. The van der Waals surface area contributed by atoms with Gasteiger partial charge in [-0.05, 0) is 31.6 Å². The quantitative estimate of drug-likeness (QED) is 0.821. The van der Waals surface area contributed by atoms with Gasteiger partial charge in [-0.1, -0.05) is 18.2 Å². The molecular formula is C16H18N2O. The van der Waals surface area contributed by atoms with E-state index in [1.165, 1.54) is 48.2 Å². The minimum atomic E-state index is -0.554. The number of para-hydroxylation sites is 1. The largest absolute Gasteiger partial charge is 0.385 e. The molecule has 98 valence electrons. The van der Waals surface area contributed by atoms with E-state index in [9.17, 15) is 5.11 Å². The maximum Gasteiger partial charge on any atom is 0.110 e. The van der Waals surface area contributed by atoms with E-state index in [1.807, 2.05) is 0 Å². The first-order valence-corrected chi connectivity index (χ1v) is 7.39. The Kier molecular flexibility index (Phi) is 1.71. The lowest BCUT2D eigenvalue weighted by atomic mass is 9.84. The van der Waals surface area contributed by atoms with Gasteiger partial charge in [-0.25, -0.2) is 0 Å². The highest BCUT2D eigenvalue weighted by Gasteiger charge is 2.44. The number of nitrogens with zero attached hydrogens (tertiary/aromatic N) is 1. The number of hydrogen-bond donors (Lipinski definition) is 2. The van der Waals surface area contributed by atoms with Gasteiger partial charge in [0.25, 0.3) is 0 Å². The van der Waals surface area contributed by atoms with Gasteiger partial charge < -0.3 is 15.0 Å². The summed E-state index contributed by atoms with van der Waals surface area (Å²) < 4.78 is 0. The molecule has 0 radical (unpaired) electrons. The molecule has 6 rings (SSSR count). The van der Waals surface area contributed by atoms with Crippen LogP contribution in [0.5, 0.6) is 0 Å². The highest BCUT2D eigenvalue weighted by Crippen LogP contribution is 2.51. The smallest absolute Gasteiger partial charge is 0.110 e. The molecule has 0 atom stereocenters. The predicted octanol–water partition coefficient (Wildman–Crippen LogP) is 2.85. The van der Waals surface area contributed by atoms with E-state index in [2.05, 4.69) is 28.1 Å². The van der Waals surface area contributed by atoms with Crippen LogP contribution in [0.2, 0.25) is 0 Å². The Bertz CT molecular complexity index is 675. The van der Waals surface area contributed by atoms with Crippen molar-refractivity contribution in [2.75, 3.05) is 18.0 Å². The van der Waals surface area contributed by atoms with Crippen LogP contribution in [0.3, 0.4) is 0 Å². The lowest BCUT2D eigenvalue weighted by Gasteiger charge is -2.40. The molecular weight excluding hydrogens is 236 g/mol. The van der Waals surface area contributed by atoms with Gasteiger partial charge in [-0.2, -0.15) is 0 Å². The summed E-state index contributed by atoms with van der Waals surface area (Å²) in [5, 5.41) is 11.8. The standard InChI is InChI=1S/C16H18N2O/c19-16(6-7-16)12-3-1-2-11-13-10-4-8-18(9-5-10)15(13)17-14(11)12/h1-3,10,17,19H,4-9H2. The third-order valence-corrected chi connectivity index (χ3v) is 5.30. The van der Waals surface area contributed by atoms with Crippen molar-refractivity contribution >= 4 is 16.7 Å². The topological polar surface area (TPSA) is 39.3 Å². The lowest BCUT2D eigenvalue weighted by molar-refractivity contribution is 0.153. The summed E-state index contributed by atoms with van der Waals surface area (Å²) in [5.41, 5.74) is 3.26. The normalized spacial score (nSPS) is 23.9. The summed E-state index contributed by atoms with van der Waals surface area (Å²) in [5.74, 6) is 2.05. The Morgan fingerprint density at radius 2 is 2.00 bits per heavy atom. The summed E-state index contributed by atoms with van der Waals surface area (Å²) in [4.78, 5) is 6.11. The van der Waals surface area contributed by atoms with E-state index in [-0.39, 0.29) is 0 Å². The average molecular weight is 254 g/mol. The fourth-order valence-electron chi connectivity index (χ4n) is 4.05. The van der Waals surface area contributed by atoms with Gasteiger partial charge in [-0.15, -0.1) is 0 Å². The Morgan fingerprint density at radius 1 is 1.21 bits per heavy atom. The van der Waals surface area contributed by atoms with E-state index < -0.39 is 5.60 Å². The molecule has 19 heavy (non-hydrogen) atoms. The summed E-state index contributed by atoms with van der Waals surface area (Å²) in [6.45, 7) is 2.37. The Balaban J connectivity index is 1.84. The minimum Gasteiger partial charge on any atom is -0.385 e. The number of hydrogen-bond acceptors (Lipinski definition) is 2. The van der Waals surface area contributed by atoms with Crippen molar-refractivity contribution in [1.29, 1.82) is 0 Å². The highest BCUT2D eigenvalue weighted by atomic mass is 16.3. The first kappa shape index (κ1) is 10.3. The maximum atomic E-state index is 10.5. The van der Waals surface area contributed by atoms with Crippen LogP contribution >= 0.6 is 0 Å². The monoisotopic (exact) mass is 254 g/mol. The second-order valence-corrected chi connectivity index (χ2v) is 6.41. The van der Waals surface area contributed by atoms with Gasteiger partial charge in [0, 0.05) is 29.6 Å². The molecule has 1 aromatic carbocycles. The Morgan fingerprint density at radius 3 is 2.74 bits per heavy atom. The molecule has 0 spiro atoms. The van der Waals surface area contributed by atoms with Crippen molar-refractivity contribution in [3.63, 3.8) is 0 Å². The molecule has 3 heteroatoms. The molecule has 3 aliphatic heterocycles. The van der Waals surface area contributed by atoms with E-state index in [0.717, 1.165) is 24.3 Å². The number of piperidine rings is 1. The van der Waals surface area contributed by atoms with E-state index >= 15 is 0 Å². The number of aromatic amines is 1. The number of benzene rings is 1. The third kappa shape index (κ3) is 1.22.